The molecule has 76 valence electrons. The van der Waals surface area contributed by atoms with Crippen molar-refractivity contribution in [2.75, 3.05) is 13.2 Å². The van der Waals surface area contributed by atoms with Crippen molar-refractivity contribution < 1.29 is 13.9 Å². The summed E-state index contributed by atoms with van der Waals surface area (Å²) in [6.07, 6.45) is 4.67. The Hall–Kier alpha value is -1.16. The molecule has 4 heteroatoms. The molecule has 2 rings (SSSR count). The molecule has 0 aliphatic carbocycles. The minimum atomic E-state index is 0.340. The Morgan fingerprint density at radius 1 is 1.50 bits per heavy atom. The lowest BCUT2D eigenvalue weighted by molar-refractivity contribution is -0.107. The van der Waals surface area contributed by atoms with Crippen LogP contribution in [-0.4, -0.2) is 24.5 Å². The normalized spacial score (nSPS) is 18.3. The highest BCUT2D eigenvalue weighted by molar-refractivity contribution is 5.53. The number of aldehydes is 1. The van der Waals surface area contributed by atoms with Gasteiger partial charge in [-0.1, -0.05) is 0 Å². The van der Waals surface area contributed by atoms with E-state index in [0.29, 0.717) is 12.3 Å². The number of carbonyl (C=O) groups excluding carboxylic acids is 1. The van der Waals surface area contributed by atoms with Gasteiger partial charge in [-0.15, -0.1) is 0 Å². The maximum atomic E-state index is 10.3. The number of nitrogens with zero attached hydrogens (tertiary/aromatic N) is 1. The van der Waals surface area contributed by atoms with Crippen molar-refractivity contribution in [3.8, 4) is 0 Å². The number of carbonyl (C=O) groups is 1. The van der Waals surface area contributed by atoms with Gasteiger partial charge in [0.05, 0.1) is 5.69 Å². The summed E-state index contributed by atoms with van der Waals surface area (Å²) in [4.78, 5) is 14.5. The Morgan fingerprint density at radius 2 is 2.29 bits per heavy atom. The number of aromatic nitrogens is 1. The van der Waals surface area contributed by atoms with Crippen LogP contribution in [0.25, 0.3) is 0 Å². The summed E-state index contributed by atoms with van der Waals surface area (Å²) in [5.74, 6) is 1.12. The molecule has 1 aliphatic heterocycles. The molecule has 0 amide bonds. The molecule has 4 nitrogen and oxygen atoms in total. The molecule has 14 heavy (non-hydrogen) atoms. The highest BCUT2D eigenvalue weighted by Crippen LogP contribution is 2.25. The third-order valence-electron chi connectivity index (χ3n) is 2.43. The maximum Gasteiger partial charge on any atom is 0.197 e. The predicted molar refractivity (Wildman–Crippen MR) is 49.1 cm³/mol. The van der Waals surface area contributed by atoms with Crippen molar-refractivity contribution in [2.45, 2.75) is 25.2 Å². The van der Waals surface area contributed by atoms with Crippen LogP contribution in [0.4, 0.5) is 0 Å². The van der Waals surface area contributed by atoms with Crippen LogP contribution in [0, 0.1) is 0 Å². The molecule has 0 aromatic carbocycles. The molecule has 0 spiro atoms. The molecule has 0 atom stereocenters. The SMILES string of the molecule is O=CCc1coc(C2CCOCC2)n1. The van der Waals surface area contributed by atoms with E-state index in [4.69, 9.17) is 9.15 Å². The van der Waals surface area contributed by atoms with Gasteiger partial charge in [-0.05, 0) is 12.8 Å². The van der Waals surface area contributed by atoms with Gasteiger partial charge < -0.3 is 13.9 Å². The number of hydrogen-bond donors (Lipinski definition) is 0. The van der Waals surface area contributed by atoms with Crippen LogP contribution in [0.3, 0.4) is 0 Å². The summed E-state index contributed by atoms with van der Waals surface area (Å²) in [6, 6.07) is 0. The van der Waals surface area contributed by atoms with E-state index in [9.17, 15) is 4.79 Å². The molecule has 0 bridgehead atoms. The second kappa shape index (κ2) is 4.37. The van der Waals surface area contributed by atoms with Crippen LogP contribution < -0.4 is 0 Å². The highest BCUT2D eigenvalue weighted by atomic mass is 16.5. The molecule has 0 saturated carbocycles. The number of oxazole rings is 1. The Balaban J connectivity index is 2.03. The van der Waals surface area contributed by atoms with E-state index in [1.807, 2.05) is 0 Å². The zero-order valence-electron chi connectivity index (χ0n) is 7.94. The fourth-order valence-electron chi connectivity index (χ4n) is 1.63. The topological polar surface area (TPSA) is 52.3 Å². The fraction of sp³-hybridized carbons (Fsp3) is 0.600. The van der Waals surface area contributed by atoms with Gasteiger partial charge in [0.2, 0.25) is 0 Å². The van der Waals surface area contributed by atoms with Crippen molar-refractivity contribution in [1.29, 1.82) is 0 Å². The van der Waals surface area contributed by atoms with Crippen molar-refractivity contribution in [3.05, 3.63) is 17.8 Å². The lowest BCUT2D eigenvalue weighted by Gasteiger charge is -2.18. The first kappa shape index (κ1) is 9.40. The Kier molecular flexibility index (Phi) is 2.93. The molecule has 2 heterocycles. The molecule has 1 aliphatic rings. The Labute approximate surface area is 82.3 Å². The first-order chi connectivity index (χ1) is 6.90. The number of rotatable bonds is 3. The van der Waals surface area contributed by atoms with Crippen molar-refractivity contribution in [1.82, 2.24) is 4.98 Å². The van der Waals surface area contributed by atoms with E-state index < -0.39 is 0 Å². The minimum Gasteiger partial charge on any atom is -0.448 e. The average Bonchev–Trinajstić information content (AvgIpc) is 2.68. The van der Waals surface area contributed by atoms with E-state index in [1.165, 1.54) is 0 Å². The largest absolute Gasteiger partial charge is 0.448 e. The minimum absolute atomic E-state index is 0.340. The lowest BCUT2D eigenvalue weighted by atomic mass is 10.0. The Morgan fingerprint density at radius 3 is 3.00 bits per heavy atom. The van der Waals surface area contributed by atoms with E-state index in [1.54, 1.807) is 6.26 Å². The molecule has 1 aromatic heterocycles. The number of ether oxygens (including phenoxy) is 1. The zero-order chi connectivity index (χ0) is 9.80. The van der Waals surface area contributed by atoms with E-state index in [0.717, 1.165) is 43.9 Å². The van der Waals surface area contributed by atoms with E-state index >= 15 is 0 Å². The molecular weight excluding hydrogens is 182 g/mol. The van der Waals surface area contributed by atoms with Gasteiger partial charge in [0.1, 0.15) is 12.5 Å². The second-order valence-corrected chi connectivity index (χ2v) is 3.43. The number of hydrogen-bond acceptors (Lipinski definition) is 4. The third-order valence-corrected chi connectivity index (χ3v) is 2.43. The molecule has 0 N–H and O–H groups in total. The van der Waals surface area contributed by atoms with Crippen LogP contribution in [-0.2, 0) is 16.0 Å². The molecular formula is C10H13NO3. The van der Waals surface area contributed by atoms with Gasteiger partial charge in [-0.25, -0.2) is 4.98 Å². The second-order valence-electron chi connectivity index (χ2n) is 3.43. The summed E-state index contributed by atoms with van der Waals surface area (Å²) in [5.41, 5.74) is 0.724. The van der Waals surface area contributed by atoms with Crippen molar-refractivity contribution in [2.24, 2.45) is 0 Å². The molecule has 1 aromatic rings. The van der Waals surface area contributed by atoms with Crippen LogP contribution >= 0.6 is 0 Å². The average molecular weight is 195 g/mol. The van der Waals surface area contributed by atoms with Gasteiger partial charge in [0.25, 0.3) is 0 Å². The zero-order valence-corrected chi connectivity index (χ0v) is 7.94. The van der Waals surface area contributed by atoms with Gasteiger partial charge in [0.15, 0.2) is 5.89 Å². The van der Waals surface area contributed by atoms with E-state index in [2.05, 4.69) is 4.98 Å². The van der Waals surface area contributed by atoms with Crippen molar-refractivity contribution >= 4 is 6.29 Å². The van der Waals surface area contributed by atoms with Crippen LogP contribution in [0.15, 0.2) is 10.7 Å². The summed E-state index contributed by atoms with van der Waals surface area (Å²) in [5, 5.41) is 0. The summed E-state index contributed by atoms with van der Waals surface area (Å²) in [6.45, 7) is 1.55. The fourth-order valence-corrected chi connectivity index (χ4v) is 1.63. The van der Waals surface area contributed by atoms with Crippen LogP contribution in [0.2, 0.25) is 0 Å². The van der Waals surface area contributed by atoms with Crippen molar-refractivity contribution in [3.63, 3.8) is 0 Å². The maximum absolute atomic E-state index is 10.3. The third kappa shape index (κ3) is 2.01. The summed E-state index contributed by atoms with van der Waals surface area (Å²) < 4.78 is 10.6. The molecule has 0 radical (unpaired) electrons. The van der Waals surface area contributed by atoms with Crippen LogP contribution in [0.5, 0.6) is 0 Å². The predicted octanol–water partition coefficient (Wildman–Crippen LogP) is 1.31. The Bertz CT molecular complexity index is 302. The lowest BCUT2D eigenvalue weighted by Crippen LogP contribution is -2.14. The summed E-state index contributed by atoms with van der Waals surface area (Å²) >= 11 is 0. The van der Waals surface area contributed by atoms with Gasteiger partial charge in [-0.2, -0.15) is 0 Å². The summed E-state index contributed by atoms with van der Waals surface area (Å²) in [7, 11) is 0. The molecule has 0 unspecified atom stereocenters. The quantitative estimate of drug-likeness (QED) is 0.682. The first-order valence-electron chi connectivity index (χ1n) is 4.86. The monoisotopic (exact) mass is 195 g/mol. The molecule has 1 saturated heterocycles. The van der Waals surface area contributed by atoms with Crippen LogP contribution in [0.1, 0.15) is 30.3 Å². The first-order valence-corrected chi connectivity index (χ1v) is 4.86. The smallest absolute Gasteiger partial charge is 0.197 e. The standard InChI is InChI=1S/C10H13NO3/c12-4-1-9-7-14-10(11-9)8-2-5-13-6-3-8/h4,7-8H,1-3,5-6H2. The van der Waals surface area contributed by atoms with Gasteiger partial charge in [-0.3, -0.25) is 0 Å². The van der Waals surface area contributed by atoms with Gasteiger partial charge >= 0.3 is 0 Å². The highest BCUT2D eigenvalue weighted by Gasteiger charge is 2.20. The molecule has 1 fully saturated rings. The van der Waals surface area contributed by atoms with E-state index in [-0.39, 0.29) is 0 Å². The van der Waals surface area contributed by atoms with Gasteiger partial charge in [0, 0.05) is 25.6 Å².